The van der Waals surface area contributed by atoms with Crippen LogP contribution in [0.15, 0.2) is 48.9 Å². The molecule has 9 heteroatoms. The zero-order valence-electron chi connectivity index (χ0n) is 16.9. The molecule has 0 saturated heterocycles. The number of halogens is 1. The van der Waals surface area contributed by atoms with Gasteiger partial charge in [0.05, 0.1) is 12.4 Å². The molecular formula is C23H17FN8. The maximum atomic E-state index is 13.8. The first-order valence-corrected chi connectivity index (χ1v) is 10.3. The molecule has 0 unspecified atom stereocenters. The third kappa shape index (κ3) is 2.96. The largest absolute Gasteiger partial charge is 0.358 e. The fourth-order valence-electron chi connectivity index (χ4n) is 4.39. The van der Waals surface area contributed by atoms with Crippen LogP contribution in [0.4, 0.5) is 10.3 Å². The summed E-state index contributed by atoms with van der Waals surface area (Å²) in [6, 6.07) is 11.9. The summed E-state index contributed by atoms with van der Waals surface area (Å²) in [6.45, 7) is 0. The number of fused-ring (bicyclic) bond motifs is 4. The lowest BCUT2D eigenvalue weighted by Crippen LogP contribution is -2.29. The number of benzene rings is 1. The van der Waals surface area contributed by atoms with Gasteiger partial charge >= 0.3 is 0 Å². The molecule has 6 rings (SSSR count). The van der Waals surface area contributed by atoms with E-state index < -0.39 is 5.82 Å². The Hall–Kier alpha value is -4.32. The molecule has 0 saturated carbocycles. The molecule has 1 aromatic carbocycles. The number of nitriles is 1. The molecule has 0 fully saturated rings. The van der Waals surface area contributed by atoms with Crippen molar-refractivity contribution >= 4 is 22.5 Å². The van der Waals surface area contributed by atoms with Crippen LogP contribution in [0.5, 0.6) is 0 Å². The van der Waals surface area contributed by atoms with Crippen LogP contribution in [0.1, 0.15) is 23.2 Å². The Balaban J connectivity index is 1.41. The van der Waals surface area contributed by atoms with E-state index in [1.807, 2.05) is 12.1 Å². The van der Waals surface area contributed by atoms with Crippen molar-refractivity contribution in [2.45, 2.75) is 25.3 Å². The highest BCUT2D eigenvalue weighted by Crippen LogP contribution is 2.30. The summed E-state index contributed by atoms with van der Waals surface area (Å²) < 4.78 is 15.3. The second kappa shape index (κ2) is 7.13. The van der Waals surface area contributed by atoms with E-state index in [1.54, 1.807) is 0 Å². The highest BCUT2D eigenvalue weighted by Gasteiger charge is 2.24. The maximum absolute atomic E-state index is 13.8. The first-order valence-electron chi connectivity index (χ1n) is 10.3. The molecule has 0 aliphatic heterocycles. The average Bonchev–Trinajstić information content (AvgIpc) is 3.40. The van der Waals surface area contributed by atoms with Crippen molar-refractivity contribution in [2.24, 2.45) is 0 Å². The van der Waals surface area contributed by atoms with Crippen LogP contribution in [0, 0.1) is 17.1 Å². The summed E-state index contributed by atoms with van der Waals surface area (Å²) >= 11 is 0. The summed E-state index contributed by atoms with van der Waals surface area (Å²) in [6.07, 6.45) is 6.74. The molecule has 4 heterocycles. The number of pyridine rings is 1. The van der Waals surface area contributed by atoms with Crippen LogP contribution in [0.3, 0.4) is 0 Å². The van der Waals surface area contributed by atoms with Crippen molar-refractivity contribution in [1.82, 2.24) is 29.5 Å². The van der Waals surface area contributed by atoms with Gasteiger partial charge in [-0.1, -0.05) is 18.2 Å². The second-order valence-corrected chi connectivity index (χ2v) is 7.88. The summed E-state index contributed by atoms with van der Waals surface area (Å²) in [7, 11) is 0. The zero-order valence-corrected chi connectivity index (χ0v) is 16.9. The molecule has 1 aliphatic rings. The van der Waals surface area contributed by atoms with Crippen LogP contribution in [-0.4, -0.2) is 35.6 Å². The molecule has 2 N–H and O–H groups in total. The summed E-state index contributed by atoms with van der Waals surface area (Å²) in [5, 5.41) is 18.5. The molecule has 0 radical (unpaired) electrons. The van der Waals surface area contributed by atoms with E-state index in [4.69, 9.17) is 0 Å². The Labute approximate surface area is 181 Å². The number of nitrogens with zero attached hydrogens (tertiary/aromatic N) is 6. The van der Waals surface area contributed by atoms with Crippen LogP contribution in [0.25, 0.3) is 27.9 Å². The molecule has 5 aromatic rings. The van der Waals surface area contributed by atoms with Gasteiger partial charge in [-0.05, 0) is 37.0 Å². The Morgan fingerprint density at radius 2 is 2.09 bits per heavy atom. The molecular weight excluding hydrogens is 407 g/mol. The molecule has 1 atom stereocenters. The molecule has 0 spiro atoms. The van der Waals surface area contributed by atoms with E-state index >= 15 is 0 Å². The molecule has 1 aliphatic carbocycles. The Bertz CT molecular complexity index is 1530. The van der Waals surface area contributed by atoms with E-state index in [1.165, 1.54) is 39.6 Å². The second-order valence-electron chi connectivity index (χ2n) is 7.88. The van der Waals surface area contributed by atoms with Crippen LogP contribution in [0.2, 0.25) is 0 Å². The van der Waals surface area contributed by atoms with E-state index in [9.17, 15) is 9.65 Å². The smallest absolute Gasteiger partial charge is 0.228 e. The molecule has 32 heavy (non-hydrogen) atoms. The number of aromatic amines is 1. The van der Waals surface area contributed by atoms with E-state index in [-0.39, 0.29) is 11.9 Å². The van der Waals surface area contributed by atoms with E-state index in [0.29, 0.717) is 22.7 Å². The van der Waals surface area contributed by atoms with Crippen molar-refractivity contribution < 1.29 is 4.39 Å². The first kappa shape index (κ1) is 18.4. The highest BCUT2D eigenvalue weighted by molar-refractivity contribution is 5.85. The Kier molecular flexibility index (Phi) is 4.11. The molecule has 0 amide bonds. The highest BCUT2D eigenvalue weighted by atomic mass is 19.1. The van der Waals surface area contributed by atoms with Crippen molar-refractivity contribution in [3.63, 3.8) is 0 Å². The number of aryl methyl sites for hydroxylation is 1. The zero-order chi connectivity index (χ0) is 21.7. The minimum Gasteiger partial charge on any atom is -0.358 e. The van der Waals surface area contributed by atoms with Gasteiger partial charge in [0.2, 0.25) is 5.95 Å². The lowest BCUT2D eigenvalue weighted by atomic mass is 9.91. The first-order chi connectivity index (χ1) is 15.7. The van der Waals surface area contributed by atoms with Crippen molar-refractivity contribution in [3.8, 4) is 17.5 Å². The lowest BCUT2D eigenvalue weighted by Gasteiger charge is -2.24. The summed E-state index contributed by atoms with van der Waals surface area (Å²) in [5.41, 5.74) is 4.85. The molecule has 0 bridgehead atoms. The lowest BCUT2D eigenvalue weighted by molar-refractivity contribution is 0.599. The van der Waals surface area contributed by atoms with Gasteiger partial charge in [0.25, 0.3) is 0 Å². The van der Waals surface area contributed by atoms with Gasteiger partial charge in [0, 0.05) is 34.4 Å². The van der Waals surface area contributed by atoms with E-state index in [0.717, 1.165) is 31.0 Å². The number of rotatable bonds is 3. The Morgan fingerprint density at radius 1 is 1.19 bits per heavy atom. The van der Waals surface area contributed by atoms with Crippen LogP contribution < -0.4 is 5.32 Å². The minimum absolute atomic E-state index is 0.119. The standard InChI is InChI=1S/C23H17FN8/c24-15-7-13(10-26-12-15)21-30-22-14(9-25)11-27-32(22)23(31-21)28-16-5-6-20-18(8-16)17-3-1-2-4-19(17)29-20/h1-4,7,10-12,16,29H,5-6,8H2,(H,28,30,31)/t16-/m1/s1. The number of nitrogens with one attached hydrogen (secondary N) is 2. The number of hydrogen-bond acceptors (Lipinski definition) is 6. The van der Waals surface area contributed by atoms with Gasteiger partial charge in [0.1, 0.15) is 17.4 Å². The topological polar surface area (TPSA) is 108 Å². The van der Waals surface area contributed by atoms with Gasteiger partial charge in [-0.15, -0.1) is 0 Å². The maximum Gasteiger partial charge on any atom is 0.228 e. The quantitative estimate of drug-likeness (QED) is 0.458. The number of aromatic nitrogens is 6. The normalized spacial score (nSPS) is 15.6. The third-order valence-corrected chi connectivity index (χ3v) is 5.88. The van der Waals surface area contributed by atoms with E-state index in [2.05, 4.69) is 48.6 Å². The fourth-order valence-corrected chi connectivity index (χ4v) is 4.39. The van der Waals surface area contributed by atoms with Gasteiger partial charge in [0.15, 0.2) is 11.5 Å². The van der Waals surface area contributed by atoms with Gasteiger partial charge in [-0.25, -0.2) is 9.37 Å². The molecule has 8 nitrogen and oxygen atoms in total. The third-order valence-electron chi connectivity index (χ3n) is 5.88. The van der Waals surface area contributed by atoms with Gasteiger partial charge in [-0.3, -0.25) is 4.98 Å². The summed E-state index contributed by atoms with van der Waals surface area (Å²) in [5.74, 6) is 0.269. The van der Waals surface area contributed by atoms with Crippen molar-refractivity contribution in [3.05, 3.63) is 71.6 Å². The van der Waals surface area contributed by atoms with Crippen molar-refractivity contribution in [2.75, 3.05) is 5.32 Å². The Morgan fingerprint density at radius 3 is 2.97 bits per heavy atom. The SMILES string of the molecule is N#Cc1cnn2c(N[C@@H]3CCc4[nH]c5ccccc5c4C3)nc(-c3cncc(F)c3)nc12. The van der Waals surface area contributed by atoms with Gasteiger partial charge in [-0.2, -0.15) is 19.9 Å². The minimum atomic E-state index is -0.478. The van der Waals surface area contributed by atoms with Crippen LogP contribution >= 0.6 is 0 Å². The van der Waals surface area contributed by atoms with Crippen molar-refractivity contribution in [1.29, 1.82) is 5.26 Å². The van der Waals surface area contributed by atoms with Gasteiger partial charge < -0.3 is 10.3 Å². The molecule has 156 valence electrons. The number of anilines is 1. The predicted octanol–water partition coefficient (Wildman–Crippen LogP) is 3.65. The predicted molar refractivity (Wildman–Crippen MR) is 116 cm³/mol. The average molecular weight is 424 g/mol. The summed E-state index contributed by atoms with van der Waals surface area (Å²) in [4.78, 5) is 16.5. The number of hydrogen-bond donors (Lipinski definition) is 2. The fraction of sp³-hybridized carbons (Fsp3) is 0.174. The van der Waals surface area contributed by atoms with Crippen LogP contribution in [-0.2, 0) is 12.8 Å². The monoisotopic (exact) mass is 424 g/mol. The molecule has 4 aromatic heterocycles. The number of para-hydroxylation sites is 1. The number of H-pyrrole nitrogens is 1.